The van der Waals surface area contributed by atoms with Crippen LogP contribution in [0.15, 0.2) is 0 Å². The van der Waals surface area contributed by atoms with E-state index in [4.69, 9.17) is 0 Å². The summed E-state index contributed by atoms with van der Waals surface area (Å²) in [6.45, 7) is 0. The quantitative estimate of drug-likeness (QED) is 0.399. The molecular formula is H8Al2AuLi2. The van der Waals surface area contributed by atoms with Gasteiger partial charge >= 0.3 is 37.7 Å². The second kappa shape index (κ2) is 28.0. The minimum absolute atomic E-state index is 0. The van der Waals surface area contributed by atoms with Crippen LogP contribution in [0.4, 0.5) is 0 Å². The van der Waals surface area contributed by atoms with Gasteiger partial charge in [-0.1, -0.05) is 0 Å². The molecule has 5 heavy (non-hydrogen) atoms. The van der Waals surface area contributed by atoms with E-state index >= 15 is 0 Å². The molecule has 0 rings (SSSR count). The molecule has 0 aliphatic carbocycles. The van der Waals surface area contributed by atoms with Crippen LogP contribution >= 0.6 is 0 Å². The third-order valence-electron chi connectivity index (χ3n) is 0. The summed E-state index contributed by atoms with van der Waals surface area (Å²) in [6.07, 6.45) is 0. The molecule has 0 atom stereocenters. The molecule has 0 unspecified atom stereocenters. The number of hydrogen-bond donors (Lipinski definition) is 0. The van der Waals surface area contributed by atoms with Gasteiger partial charge in [-0.2, -0.15) is 0 Å². The first-order valence-electron chi connectivity index (χ1n) is 0. The van der Waals surface area contributed by atoms with Gasteiger partial charge in [0.2, 0.25) is 0 Å². The van der Waals surface area contributed by atoms with E-state index < -0.39 is 0 Å². The van der Waals surface area contributed by atoms with Crippen molar-refractivity contribution in [1.82, 2.24) is 0 Å². The first-order chi connectivity index (χ1) is 0. The van der Waals surface area contributed by atoms with Crippen LogP contribution in [0, 0.1) is 0 Å². The summed E-state index contributed by atoms with van der Waals surface area (Å²) in [5.74, 6) is 0. The summed E-state index contributed by atoms with van der Waals surface area (Å²) in [6, 6.07) is 0. The molecule has 0 nitrogen and oxygen atoms in total. The Morgan fingerprint density at radius 2 is 0.600 bits per heavy atom. The van der Waals surface area contributed by atoms with Gasteiger partial charge in [0.25, 0.3) is 0 Å². The van der Waals surface area contributed by atoms with Crippen molar-refractivity contribution in [1.29, 1.82) is 0 Å². The van der Waals surface area contributed by atoms with E-state index in [1.807, 2.05) is 0 Å². The normalized spacial score (nSPS) is 0. The van der Waals surface area contributed by atoms with E-state index in [9.17, 15) is 0 Å². The molecule has 0 saturated heterocycles. The molecule has 5 heteroatoms. The van der Waals surface area contributed by atoms with Crippen LogP contribution in [0.25, 0.3) is 0 Å². The number of hydrogen-bond acceptors (Lipinski definition) is 0. The van der Waals surface area contributed by atoms with Crippen molar-refractivity contribution >= 4 is 72.4 Å². The van der Waals surface area contributed by atoms with Gasteiger partial charge in [-0.3, -0.25) is 0 Å². The van der Waals surface area contributed by atoms with Gasteiger partial charge in [-0.05, 0) is 0 Å². The van der Waals surface area contributed by atoms with Crippen LogP contribution < -0.4 is 0 Å². The molecule has 0 bridgehead atoms. The molecule has 0 aliphatic heterocycles. The van der Waals surface area contributed by atoms with Gasteiger partial charge in [0.05, 0.1) is 0 Å². The molecule has 1 radical (unpaired) electrons. The predicted molar refractivity (Wildman–Crippen MR) is 34.2 cm³/mol. The van der Waals surface area contributed by atoms with E-state index in [0.29, 0.717) is 0 Å². The second-order valence-electron chi connectivity index (χ2n) is 0. The van der Waals surface area contributed by atoms with Crippen LogP contribution in [0.3, 0.4) is 0 Å². The van der Waals surface area contributed by atoms with E-state index in [0.717, 1.165) is 0 Å². The summed E-state index contributed by atoms with van der Waals surface area (Å²) in [7, 11) is 0. The summed E-state index contributed by atoms with van der Waals surface area (Å²) in [5, 5.41) is 0. The topological polar surface area (TPSA) is 0 Å². The third-order valence-corrected chi connectivity index (χ3v) is 0. The molecule has 0 aromatic rings. The number of rotatable bonds is 0. The maximum atomic E-state index is 0. The Kier molecular flexibility index (Phi) is 244. The molecular weight excluding hydrogens is 265 g/mol. The predicted octanol–water partition coefficient (Wildman–Crippen LogP) is -3.67. The summed E-state index contributed by atoms with van der Waals surface area (Å²) >= 11 is 0. The standard InChI is InChI=1S/2Al.Au.2Li.8H. The molecule has 0 spiro atoms. The zero-order chi connectivity index (χ0) is 0. The summed E-state index contributed by atoms with van der Waals surface area (Å²) in [4.78, 5) is 0. The van der Waals surface area contributed by atoms with Crippen molar-refractivity contribution in [3.05, 3.63) is 0 Å². The Bertz CT molecular complexity index is 7.61. The fraction of sp³-hybridized carbons (Fsp3) is 0. The van der Waals surface area contributed by atoms with E-state index in [2.05, 4.69) is 0 Å². The van der Waals surface area contributed by atoms with Gasteiger partial charge in [0, 0.05) is 22.4 Å². The average molecular weight is 273 g/mol. The minimum atomic E-state index is 0. The molecule has 0 heterocycles. The fourth-order valence-corrected chi connectivity index (χ4v) is 0. The van der Waals surface area contributed by atoms with Gasteiger partial charge < -0.3 is 0 Å². The summed E-state index contributed by atoms with van der Waals surface area (Å²) < 4.78 is 0. The monoisotopic (exact) mass is 273 g/mol. The second-order valence-corrected chi connectivity index (χ2v) is 0. The zero-order valence-corrected chi connectivity index (χ0v) is 2.47. The third kappa shape index (κ3) is 19.4. The molecule has 0 fully saturated rings. The Labute approximate surface area is 93.3 Å². The van der Waals surface area contributed by atoms with Crippen molar-refractivity contribution in [3.8, 4) is 0 Å². The molecule has 0 N–H and O–H groups in total. The van der Waals surface area contributed by atoms with Crippen LogP contribution in [0.5, 0.6) is 0 Å². The van der Waals surface area contributed by atoms with Crippen molar-refractivity contribution in [2.75, 3.05) is 0 Å². The van der Waals surface area contributed by atoms with E-state index in [1.165, 1.54) is 0 Å². The molecule has 0 aromatic heterocycles. The van der Waals surface area contributed by atoms with Gasteiger partial charge in [0.1, 0.15) is 0 Å². The summed E-state index contributed by atoms with van der Waals surface area (Å²) in [5.41, 5.74) is 0. The van der Waals surface area contributed by atoms with Crippen LogP contribution in [-0.2, 0) is 22.4 Å². The molecule has 0 saturated carbocycles. The van der Waals surface area contributed by atoms with Gasteiger partial charge in [0.15, 0.2) is 34.7 Å². The van der Waals surface area contributed by atoms with Gasteiger partial charge in [-0.25, -0.2) is 0 Å². The molecule has 0 amide bonds. The van der Waals surface area contributed by atoms with Crippen LogP contribution in [-0.4, -0.2) is 72.4 Å². The van der Waals surface area contributed by atoms with Gasteiger partial charge in [-0.15, -0.1) is 0 Å². The first-order valence-corrected chi connectivity index (χ1v) is 0. The Morgan fingerprint density at radius 1 is 0.600 bits per heavy atom. The molecule has 0 aromatic carbocycles. The molecule has 0 aliphatic rings. The Balaban J connectivity index is 0. The van der Waals surface area contributed by atoms with E-state index in [1.54, 1.807) is 0 Å². The SMILES string of the molecule is [AlH3].[AlH3].[Au].[LiH].[LiH]. The Morgan fingerprint density at radius 3 is 0.600 bits per heavy atom. The first kappa shape index (κ1) is 43.6. The van der Waals surface area contributed by atoms with E-state index in [-0.39, 0.29) is 94.8 Å². The molecule has 27 valence electrons. The van der Waals surface area contributed by atoms with Crippen molar-refractivity contribution in [3.63, 3.8) is 0 Å². The fourth-order valence-electron chi connectivity index (χ4n) is 0. The van der Waals surface area contributed by atoms with Crippen molar-refractivity contribution in [2.45, 2.75) is 0 Å². The van der Waals surface area contributed by atoms with Crippen LogP contribution in [0.1, 0.15) is 0 Å². The van der Waals surface area contributed by atoms with Crippen LogP contribution in [0.2, 0.25) is 0 Å². The van der Waals surface area contributed by atoms with Crippen molar-refractivity contribution < 1.29 is 22.4 Å². The zero-order valence-electron chi connectivity index (χ0n) is 0.302. The maximum absolute atomic E-state index is 0. The Hall–Kier alpha value is 3.00. The van der Waals surface area contributed by atoms with Crippen molar-refractivity contribution in [2.24, 2.45) is 0 Å². The average Bonchev–Trinajstić information content (AvgIpc) is 0.